The van der Waals surface area contributed by atoms with Gasteiger partial charge in [-0.15, -0.1) is 0 Å². The molecule has 0 N–H and O–H groups in total. The van der Waals surface area contributed by atoms with E-state index in [0.29, 0.717) is 15.7 Å². The van der Waals surface area contributed by atoms with E-state index in [1.807, 2.05) is 24.3 Å². The van der Waals surface area contributed by atoms with Gasteiger partial charge in [-0.1, -0.05) is 30.3 Å². The lowest BCUT2D eigenvalue weighted by Crippen LogP contribution is -2.06. The summed E-state index contributed by atoms with van der Waals surface area (Å²) in [5.41, 5.74) is 1.94. The van der Waals surface area contributed by atoms with Crippen molar-refractivity contribution in [2.75, 3.05) is 0 Å². The number of nitrogens with zero attached hydrogens (tertiary/aromatic N) is 2. The van der Waals surface area contributed by atoms with E-state index in [1.165, 1.54) is 6.07 Å². The van der Waals surface area contributed by atoms with Crippen molar-refractivity contribution < 1.29 is 9.18 Å². The summed E-state index contributed by atoms with van der Waals surface area (Å²) < 4.78 is 15.5. The van der Waals surface area contributed by atoms with Gasteiger partial charge in [-0.25, -0.2) is 4.39 Å². The molecule has 0 spiro atoms. The first-order chi connectivity index (χ1) is 10.1. The van der Waals surface area contributed by atoms with Crippen LogP contribution in [-0.4, -0.2) is 15.6 Å². The number of hydrogen-bond donors (Lipinski definition) is 0. The lowest BCUT2D eigenvalue weighted by atomic mass is 10.0. The molecule has 2 aromatic carbocycles. The molecule has 0 saturated heterocycles. The van der Waals surface area contributed by atoms with E-state index >= 15 is 0 Å². The zero-order chi connectivity index (χ0) is 15.0. The number of aryl methyl sites for hydroxylation is 1. The normalized spacial score (nSPS) is 11.0. The lowest BCUT2D eigenvalue weighted by molar-refractivity contribution is 0.0989. The second kappa shape index (κ2) is 5.41. The van der Waals surface area contributed by atoms with Crippen LogP contribution in [0.15, 0.2) is 46.9 Å². The van der Waals surface area contributed by atoms with Gasteiger partial charge in [-0.3, -0.25) is 9.48 Å². The molecule has 5 heteroatoms. The number of carbonyl (C=O) groups is 1. The zero-order valence-corrected chi connectivity index (χ0v) is 12.9. The summed E-state index contributed by atoms with van der Waals surface area (Å²) in [5.74, 6) is -0.496. The highest BCUT2D eigenvalue weighted by Crippen LogP contribution is 2.24. The summed E-state index contributed by atoms with van der Waals surface area (Å²) in [6.45, 7) is 0. The highest BCUT2D eigenvalue weighted by atomic mass is 79.9. The first kappa shape index (κ1) is 13.9. The average molecular weight is 347 g/mol. The Hall–Kier alpha value is -2.01. The average Bonchev–Trinajstić information content (AvgIpc) is 2.82. The summed E-state index contributed by atoms with van der Waals surface area (Å²) >= 11 is 3.18. The fourth-order valence-corrected chi connectivity index (χ4v) is 2.77. The van der Waals surface area contributed by atoms with Gasteiger partial charge in [0.1, 0.15) is 11.5 Å². The molecule has 1 heterocycles. The highest BCUT2D eigenvalue weighted by molar-refractivity contribution is 9.10. The summed E-state index contributed by atoms with van der Waals surface area (Å²) in [6, 6.07) is 12.2. The number of halogens is 2. The summed E-state index contributed by atoms with van der Waals surface area (Å²) in [4.78, 5) is 12.5. The number of benzene rings is 2. The van der Waals surface area contributed by atoms with Gasteiger partial charge >= 0.3 is 0 Å². The lowest BCUT2D eigenvalue weighted by Gasteiger charge is -2.03. The molecule has 0 amide bonds. The number of rotatable bonds is 3. The SMILES string of the molecule is Cn1nc(C(=O)Cc2cccc(F)c2Br)c2ccccc21. The van der Waals surface area contributed by atoms with Crippen LogP contribution >= 0.6 is 15.9 Å². The van der Waals surface area contributed by atoms with E-state index in [-0.39, 0.29) is 18.0 Å². The zero-order valence-electron chi connectivity index (χ0n) is 11.3. The van der Waals surface area contributed by atoms with Crippen LogP contribution in [-0.2, 0) is 13.5 Å². The van der Waals surface area contributed by atoms with Gasteiger partial charge in [-0.05, 0) is 33.6 Å². The van der Waals surface area contributed by atoms with Gasteiger partial charge in [-0.2, -0.15) is 5.10 Å². The van der Waals surface area contributed by atoms with Crippen LogP contribution in [0, 0.1) is 5.82 Å². The first-order valence-electron chi connectivity index (χ1n) is 6.45. The van der Waals surface area contributed by atoms with E-state index < -0.39 is 0 Å². The number of aromatic nitrogens is 2. The second-order valence-corrected chi connectivity index (χ2v) is 5.60. The van der Waals surface area contributed by atoms with Crippen LogP contribution in [0.5, 0.6) is 0 Å². The monoisotopic (exact) mass is 346 g/mol. The van der Waals surface area contributed by atoms with Crippen molar-refractivity contribution in [3.05, 3.63) is 64.0 Å². The van der Waals surface area contributed by atoms with E-state index in [2.05, 4.69) is 21.0 Å². The molecule has 0 unspecified atom stereocenters. The van der Waals surface area contributed by atoms with Crippen LogP contribution in [0.2, 0.25) is 0 Å². The molecule has 0 aliphatic rings. The molecule has 3 nitrogen and oxygen atoms in total. The maximum absolute atomic E-state index is 13.5. The fraction of sp³-hybridized carbons (Fsp3) is 0.125. The Morgan fingerprint density at radius 2 is 2.00 bits per heavy atom. The number of carbonyl (C=O) groups excluding carboxylic acids is 1. The van der Waals surface area contributed by atoms with Crippen LogP contribution in [0.1, 0.15) is 16.1 Å². The number of fused-ring (bicyclic) bond motifs is 1. The number of para-hydroxylation sites is 1. The molecule has 1 aromatic heterocycles. The molecule has 0 atom stereocenters. The number of hydrogen-bond acceptors (Lipinski definition) is 2. The van der Waals surface area contributed by atoms with Crippen LogP contribution in [0.4, 0.5) is 4.39 Å². The Bertz CT molecular complexity index is 841. The summed E-state index contributed by atoms with van der Waals surface area (Å²) in [6.07, 6.45) is 0.110. The molecule has 0 bridgehead atoms. The standard InChI is InChI=1S/C16H12BrFN2O/c1-20-13-8-3-2-6-11(13)16(19-20)14(21)9-10-5-4-7-12(18)15(10)17/h2-8H,9H2,1H3. The molecule has 0 aliphatic carbocycles. The molecule has 3 rings (SSSR count). The van der Waals surface area contributed by atoms with Crippen LogP contribution in [0.3, 0.4) is 0 Å². The third kappa shape index (κ3) is 2.49. The number of Topliss-reactive ketones (excluding diaryl/α,β-unsaturated/α-hetero) is 1. The van der Waals surface area contributed by atoms with Crippen molar-refractivity contribution in [1.29, 1.82) is 0 Å². The molecule has 106 valence electrons. The van der Waals surface area contributed by atoms with Gasteiger partial charge in [0.15, 0.2) is 5.78 Å². The van der Waals surface area contributed by atoms with Crippen molar-refractivity contribution in [3.63, 3.8) is 0 Å². The first-order valence-corrected chi connectivity index (χ1v) is 7.25. The van der Waals surface area contributed by atoms with Crippen molar-refractivity contribution in [2.24, 2.45) is 7.05 Å². The van der Waals surface area contributed by atoms with Gasteiger partial charge in [0.2, 0.25) is 0 Å². The predicted octanol–water partition coefficient (Wildman–Crippen LogP) is 3.90. The quantitative estimate of drug-likeness (QED) is 0.674. The van der Waals surface area contributed by atoms with E-state index in [1.54, 1.807) is 23.9 Å². The van der Waals surface area contributed by atoms with Crippen LogP contribution < -0.4 is 0 Å². The second-order valence-electron chi connectivity index (χ2n) is 4.80. The van der Waals surface area contributed by atoms with Crippen molar-refractivity contribution in [2.45, 2.75) is 6.42 Å². The van der Waals surface area contributed by atoms with Crippen LogP contribution in [0.25, 0.3) is 10.9 Å². The van der Waals surface area contributed by atoms with Crippen molar-refractivity contribution in [1.82, 2.24) is 9.78 Å². The molecular formula is C16H12BrFN2O. The predicted molar refractivity (Wildman–Crippen MR) is 82.8 cm³/mol. The molecule has 3 aromatic rings. The Morgan fingerprint density at radius 3 is 2.81 bits per heavy atom. The maximum atomic E-state index is 13.5. The third-order valence-electron chi connectivity index (χ3n) is 3.40. The molecule has 0 radical (unpaired) electrons. The van der Waals surface area contributed by atoms with Gasteiger partial charge in [0.25, 0.3) is 0 Å². The van der Waals surface area contributed by atoms with Gasteiger partial charge < -0.3 is 0 Å². The highest BCUT2D eigenvalue weighted by Gasteiger charge is 2.17. The topological polar surface area (TPSA) is 34.9 Å². The smallest absolute Gasteiger partial charge is 0.188 e. The maximum Gasteiger partial charge on any atom is 0.188 e. The van der Waals surface area contributed by atoms with E-state index in [0.717, 1.165) is 10.9 Å². The van der Waals surface area contributed by atoms with Crippen molar-refractivity contribution in [3.8, 4) is 0 Å². The molecule has 21 heavy (non-hydrogen) atoms. The van der Waals surface area contributed by atoms with E-state index in [4.69, 9.17) is 0 Å². The summed E-state index contributed by atoms with van der Waals surface area (Å²) in [5, 5.41) is 5.11. The molecule has 0 fully saturated rings. The molecule has 0 saturated carbocycles. The molecular weight excluding hydrogens is 335 g/mol. The Balaban J connectivity index is 2.00. The Morgan fingerprint density at radius 1 is 1.24 bits per heavy atom. The van der Waals surface area contributed by atoms with Gasteiger partial charge in [0.05, 0.1) is 9.99 Å². The third-order valence-corrected chi connectivity index (χ3v) is 4.29. The van der Waals surface area contributed by atoms with Crippen molar-refractivity contribution >= 4 is 32.6 Å². The minimum absolute atomic E-state index is 0.110. The molecule has 0 aliphatic heterocycles. The fourth-order valence-electron chi connectivity index (χ4n) is 2.36. The summed E-state index contributed by atoms with van der Waals surface area (Å²) in [7, 11) is 1.80. The minimum atomic E-state index is -0.369. The minimum Gasteiger partial charge on any atom is -0.292 e. The largest absolute Gasteiger partial charge is 0.292 e. The van der Waals surface area contributed by atoms with E-state index in [9.17, 15) is 9.18 Å². The Kier molecular flexibility index (Phi) is 3.59. The Labute approximate surface area is 129 Å². The number of ketones is 1. The van der Waals surface area contributed by atoms with Gasteiger partial charge in [0, 0.05) is 18.9 Å².